The van der Waals surface area contributed by atoms with Gasteiger partial charge in [-0.05, 0) is 43.7 Å². The van der Waals surface area contributed by atoms with E-state index in [0.717, 1.165) is 22.2 Å². The standard InChI is InChI=1S/C21H18ClNO3/c1-13-20(17-8-3-4-9-18(17)23-13)21(25)14(2)26-19(24)11-10-15-6-5-7-16(22)12-15/h3-12,14,23H,1-2H3/b11-10+/t14-/m0/s1. The van der Waals surface area contributed by atoms with Crippen molar-refractivity contribution in [2.45, 2.75) is 20.0 Å². The number of Topliss-reactive ketones (excluding diaryl/α,β-unsaturated/α-hetero) is 1. The lowest BCUT2D eigenvalue weighted by Crippen LogP contribution is -2.24. The van der Waals surface area contributed by atoms with Crippen LogP contribution in [0.2, 0.25) is 5.02 Å². The Morgan fingerprint density at radius 1 is 1.15 bits per heavy atom. The third kappa shape index (κ3) is 3.86. The number of carbonyl (C=O) groups is 2. The maximum atomic E-state index is 12.8. The van der Waals surface area contributed by atoms with E-state index >= 15 is 0 Å². The van der Waals surface area contributed by atoms with Gasteiger partial charge in [-0.2, -0.15) is 0 Å². The first-order chi connectivity index (χ1) is 12.5. The number of ether oxygens (including phenoxy) is 1. The number of aromatic amines is 1. The van der Waals surface area contributed by atoms with Crippen LogP contribution in [0.1, 0.15) is 28.5 Å². The Hall–Kier alpha value is -2.85. The van der Waals surface area contributed by atoms with Crippen LogP contribution in [0.3, 0.4) is 0 Å². The summed E-state index contributed by atoms with van der Waals surface area (Å²) in [4.78, 5) is 28.0. The summed E-state index contributed by atoms with van der Waals surface area (Å²) in [5, 5.41) is 1.41. The van der Waals surface area contributed by atoms with Crippen LogP contribution in [0.5, 0.6) is 0 Å². The van der Waals surface area contributed by atoms with Gasteiger partial charge < -0.3 is 9.72 Å². The number of nitrogens with one attached hydrogen (secondary N) is 1. The second-order valence-electron chi connectivity index (χ2n) is 6.00. The van der Waals surface area contributed by atoms with Crippen LogP contribution in [-0.2, 0) is 9.53 Å². The van der Waals surface area contributed by atoms with Gasteiger partial charge in [-0.3, -0.25) is 4.79 Å². The van der Waals surface area contributed by atoms with E-state index in [0.29, 0.717) is 10.6 Å². The van der Waals surface area contributed by atoms with Crippen molar-refractivity contribution in [1.29, 1.82) is 0 Å². The Morgan fingerprint density at radius 2 is 1.92 bits per heavy atom. The van der Waals surface area contributed by atoms with Gasteiger partial charge in [0.1, 0.15) is 0 Å². The van der Waals surface area contributed by atoms with Crippen LogP contribution in [0, 0.1) is 6.92 Å². The number of rotatable bonds is 5. The van der Waals surface area contributed by atoms with Crippen LogP contribution in [0.25, 0.3) is 17.0 Å². The highest BCUT2D eigenvalue weighted by molar-refractivity contribution is 6.30. The van der Waals surface area contributed by atoms with E-state index in [1.54, 1.807) is 31.2 Å². The number of hydrogen-bond acceptors (Lipinski definition) is 3. The van der Waals surface area contributed by atoms with Crippen molar-refractivity contribution in [3.8, 4) is 0 Å². The van der Waals surface area contributed by atoms with E-state index in [2.05, 4.69) is 4.98 Å². The molecule has 0 saturated heterocycles. The van der Waals surface area contributed by atoms with Gasteiger partial charge in [0.15, 0.2) is 6.10 Å². The van der Waals surface area contributed by atoms with Gasteiger partial charge in [0, 0.05) is 33.3 Å². The summed E-state index contributed by atoms with van der Waals surface area (Å²) >= 11 is 5.91. The van der Waals surface area contributed by atoms with Crippen molar-refractivity contribution in [2.24, 2.45) is 0 Å². The van der Waals surface area contributed by atoms with Gasteiger partial charge in [0.2, 0.25) is 5.78 Å². The Bertz CT molecular complexity index is 1000. The fraction of sp³-hybridized carbons (Fsp3) is 0.143. The Labute approximate surface area is 156 Å². The molecule has 5 heteroatoms. The van der Waals surface area contributed by atoms with E-state index in [9.17, 15) is 9.59 Å². The molecule has 1 aromatic heterocycles. The van der Waals surface area contributed by atoms with Gasteiger partial charge in [-0.1, -0.05) is 41.9 Å². The van der Waals surface area contributed by atoms with Gasteiger partial charge in [-0.25, -0.2) is 4.79 Å². The summed E-state index contributed by atoms with van der Waals surface area (Å²) < 4.78 is 5.27. The molecule has 3 rings (SSSR count). The predicted molar refractivity (Wildman–Crippen MR) is 103 cm³/mol. The van der Waals surface area contributed by atoms with E-state index in [-0.39, 0.29) is 5.78 Å². The minimum Gasteiger partial charge on any atom is -0.451 e. The van der Waals surface area contributed by atoms with Crippen LogP contribution in [0.4, 0.5) is 0 Å². The molecule has 3 aromatic rings. The number of fused-ring (bicyclic) bond motifs is 1. The molecule has 1 atom stereocenters. The smallest absolute Gasteiger partial charge is 0.331 e. The number of hydrogen-bond donors (Lipinski definition) is 1. The highest BCUT2D eigenvalue weighted by Gasteiger charge is 2.23. The van der Waals surface area contributed by atoms with Crippen molar-refractivity contribution in [2.75, 3.05) is 0 Å². The number of esters is 1. The van der Waals surface area contributed by atoms with Crippen LogP contribution < -0.4 is 0 Å². The number of aromatic nitrogens is 1. The van der Waals surface area contributed by atoms with Crippen molar-refractivity contribution >= 4 is 40.3 Å². The number of para-hydroxylation sites is 1. The second-order valence-corrected chi connectivity index (χ2v) is 6.44. The largest absolute Gasteiger partial charge is 0.451 e. The zero-order chi connectivity index (χ0) is 18.7. The van der Waals surface area contributed by atoms with Gasteiger partial charge in [0.25, 0.3) is 0 Å². The van der Waals surface area contributed by atoms with Gasteiger partial charge in [-0.15, -0.1) is 0 Å². The lowest BCUT2D eigenvalue weighted by atomic mass is 10.0. The predicted octanol–water partition coefficient (Wildman–Crippen LogP) is 4.96. The fourth-order valence-corrected chi connectivity index (χ4v) is 3.04. The first kappa shape index (κ1) is 18.0. The van der Waals surface area contributed by atoms with Crippen LogP contribution in [-0.4, -0.2) is 22.8 Å². The number of carbonyl (C=O) groups excluding carboxylic acids is 2. The molecule has 0 spiro atoms. The minimum atomic E-state index is -0.885. The molecule has 2 aromatic carbocycles. The lowest BCUT2D eigenvalue weighted by Gasteiger charge is -2.11. The molecule has 0 saturated carbocycles. The molecule has 0 bridgehead atoms. The van der Waals surface area contributed by atoms with Crippen LogP contribution >= 0.6 is 11.6 Å². The summed E-state index contributed by atoms with van der Waals surface area (Å²) in [6.07, 6.45) is 2.00. The quantitative estimate of drug-likeness (QED) is 0.394. The molecular formula is C21H18ClNO3. The Balaban J connectivity index is 1.72. The summed E-state index contributed by atoms with van der Waals surface area (Å²) in [5.41, 5.74) is 2.97. The Kier molecular flexibility index (Phi) is 5.24. The third-order valence-electron chi connectivity index (χ3n) is 4.06. The maximum Gasteiger partial charge on any atom is 0.331 e. The first-order valence-corrected chi connectivity index (χ1v) is 8.59. The number of ketones is 1. The molecular weight excluding hydrogens is 350 g/mol. The van der Waals surface area contributed by atoms with E-state index < -0.39 is 12.1 Å². The average molecular weight is 368 g/mol. The average Bonchev–Trinajstić information content (AvgIpc) is 2.95. The van der Waals surface area contributed by atoms with Gasteiger partial charge in [0.05, 0.1) is 0 Å². The normalized spacial score (nSPS) is 12.4. The number of H-pyrrole nitrogens is 1. The van der Waals surface area contributed by atoms with E-state index in [1.807, 2.05) is 37.3 Å². The molecule has 0 fully saturated rings. The van der Waals surface area contributed by atoms with Gasteiger partial charge >= 0.3 is 5.97 Å². The topological polar surface area (TPSA) is 59.2 Å². The zero-order valence-electron chi connectivity index (χ0n) is 14.5. The SMILES string of the molecule is Cc1[nH]c2ccccc2c1C(=O)[C@H](C)OC(=O)/C=C/c1cccc(Cl)c1. The molecule has 4 nitrogen and oxygen atoms in total. The number of aryl methyl sites for hydroxylation is 1. The van der Waals surface area contributed by atoms with Crippen molar-refractivity contribution in [3.63, 3.8) is 0 Å². The monoisotopic (exact) mass is 367 g/mol. The second kappa shape index (κ2) is 7.58. The molecule has 1 N–H and O–H groups in total. The number of halogens is 1. The molecule has 0 unspecified atom stereocenters. The van der Waals surface area contributed by atoms with E-state index in [4.69, 9.17) is 16.3 Å². The fourth-order valence-electron chi connectivity index (χ4n) is 2.84. The zero-order valence-corrected chi connectivity index (χ0v) is 15.2. The lowest BCUT2D eigenvalue weighted by molar-refractivity contribution is -0.140. The van der Waals surface area contributed by atoms with Crippen LogP contribution in [0.15, 0.2) is 54.6 Å². The molecule has 0 radical (unpaired) electrons. The molecule has 0 aliphatic heterocycles. The first-order valence-electron chi connectivity index (χ1n) is 8.21. The summed E-state index contributed by atoms with van der Waals surface area (Å²) in [6.45, 7) is 3.41. The highest BCUT2D eigenvalue weighted by Crippen LogP contribution is 2.24. The molecule has 26 heavy (non-hydrogen) atoms. The van der Waals surface area contributed by atoms with Crippen molar-refractivity contribution in [1.82, 2.24) is 4.98 Å². The maximum absolute atomic E-state index is 12.8. The molecule has 132 valence electrons. The summed E-state index contributed by atoms with van der Waals surface area (Å²) in [5.74, 6) is -0.812. The van der Waals surface area contributed by atoms with Crippen molar-refractivity contribution in [3.05, 3.63) is 76.5 Å². The molecule has 0 amide bonds. The molecule has 0 aliphatic rings. The van der Waals surface area contributed by atoms with E-state index in [1.165, 1.54) is 6.08 Å². The molecule has 0 aliphatic carbocycles. The minimum absolute atomic E-state index is 0.232. The third-order valence-corrected chi connectivity index (χ3v) is 4.30. The Morgan fingerprint density at radius 3 is 2.69 bits per heavy atom. The number of benzene rings is 2. The van der Waals surface area contributed by atoms with Crippen molar-refractivity contribution < 1.29 is 14.3 Å². The molecule has 1 heterocycles. The summed E-state index contributed by atoms with van der Waals surface area (Å²) in [6, 6.07) is 14.6. The highest BCUT2D eigenvalue weighted by atomic mass is 35.5. The summed E-state index contributed by atoms with van der Waals surface area (Å²) in [7, 11) is 0.